The first-order valence-corrected chi connectivity index (χ1v) is 11.1. The SMILES string of the molecule is O=C(NCCCn1nc(C(F)(F)F)cc1C1CC1)c1ccc(COc2cccc(Cl)c2Cl)o1. The molecule has 1 aliphatic carbocycles. The van der Waals surface area contributed by atoms with Gasteiger partial charge in [0.2, 0.25) is 0 Å². The number of hydrogen-bond donors (Lipinski definition) is 1. The van der Waals surface area contributed by atoms with Gasteiger partial charge in [0.15, 0.2) is 11.5 Å². The monoisotopic (exact) mass is 501 g/mol. The highest BCUT2D eigenvalue weighted by atomic mass is 35.5. The Hall–Kier alpha value is -2.65. The average molecular weight is 502 g/mol. The highest BCUT2D eigenvalue weighted by Crippen LogP contribution is 2.42. The van der Waals surface area contributed by atoms with Crippen molar-refractivity contribution >= 4 is 29.1 Å². The van der Waals surface area contributed by atoms with Gasteiger partial charge in [-0.05, 0) is 49.6 Å². The van der Waals surface area contributed by atoms with E-state index in [2.05, 4.69) is 10.4 Å². The Morgan fingerprint density at radius 3 is 2.76 bits per heavy atom. The van der Waals surface area contributed by atoms with Crippen LogP contribution in [0.25, 0.3) is 0 Å². The molecule has 1 saturated carbocycles. The normalized spacial score (nSPS) is 13.8. The van der Waals surface area contributed by atoms with Crippen molar-refractivity contribution in [1.82, 2.24) is 15.1 Å². The molecule has 0 saturated heterocycles. The molecule has 1 aromatic carbocycles. The molecule has 0 aliphatic heterocycles. The number of hydrogen-bond acceptors (Lipinski definition) is 4. The minimum atomic E-state index is -4.47. The molecule has 4 rings (SSSR count). The second-order valence-corrected chi connectivity index (χ2v) is 8.45. The van der Waals surface area contributed by atoms with E-state index in [1.54, 1.807) is 24.3 Å². The fraction of sp³-hybridized carbons (Fsp3) is 0.364. The van der Waals surface area contributed by atoms with Crippen LogP contribution in [0.4, 0.5) is 13.2 Å². The van der Waals surface area contributed by atoms with Crippen LogP contribution in [0.3, 0.4) is 0 Å². The fourth-order valence-corrected chi connectivity index (χ4v) is 3.64. The topological polar surface area (TPSA) is 69.3 Å². The molecule has 0 radical (unpaired) electrons. The second-order valence-electron chi connectivity index (χ2n) is 7.67. The number of furan rings is 1. The third-order valence-electron chi connectivity index (χ3n) is 5.10. The molecule has 1 amide bonds. The summed E-state index contributed by atoms with van der Waals surface area (Å²) in [6.07, 6.45) is -2.31. The molecule has 6 nitrogen and oxygen atoms in total. The summed E-state index contributed by atoms with van der Waals surface area (Å²) in [5.41, 5.74) is -0.276. The molecule has 2 aromatic heterocycles. The third-order valence-corrected chi connectivity index (χ3v) is 5.90. The lowest BCUT2D eigenvalue weighted by atomic mass is 10.2. The zero-order valence-corrected chi connectivity index (χ0v) is 18.8. The van der Waals surface area contributed by atoms with Crippen molar-refractivity contribution in [3.05, 3.63) is 69.4 Å². The predicted molar refractivity (Wildman–Crippen MR) is 116 cm³/mol. The van der Waals surface area contributed by atoms with Crippen LogP contribution in [-0.4, -0.2) is 22.2 Å². The number of ether oxygens (including phenoxy) is 1. The van der Waals surface area contributed by atoms with E-state index in [4.69, 9.17) is 32.4 Å². The first-order chi connectivity index (χ1) is 15.7. The van der Waals surface area contributed by atoms with Gasteiger partial charge in [-0.1, -0.05) is 29.3 Å². The highest BCUT2D eigenvalue weighted by Gasteiger charge is 2.37. The molecule has 1 aliphatic rings. The van der Waals surface area contributed by atoms with Crippen molar-refractivity contribution in [2.45, 2.75) is 44.5 Å². The molecule has 0 bridgehead atoms. The Morgan fingerprint density at radius 1 is 1.24 bits per heavy atom. The quantitative estimate of drug-likeness (QED) is 0.361. The van der Waals surface area contributed by atoms with E-state index >= 15 is 0 Å². The van der Waals surface area contributed by atoms with Gasteiger partial charge >= 0.3 is 6.18 Å². The summed E-state index contributed by atoms with van der Waals surface area (Å²) in [6.45, 7) is 0.590. The van der Waals surface area contributed by atoms with Gasteiger partial charge in [-0.15, -0.1) is 0 Å². The number of amides is 1. The number of nitrogens with zero attached hydrogens (tertiary/aromatic N) is 2. The summed E-state index contributed by atoms with van der Waals surface area (Å²) >= 11 is 12.0. The molecule has 2 heterocycles. The lowest BCUT2D eigenvalue weighted by Gasteiger charge is -2.08. The van der Waals surface area contributed by atoms with Gasteiger partial charge in [-0.3, -0.25) is 9.48 Å². The standard InChI is InChI=1S/C22H20Cl2F3N3O3/c23-15-3-1-4-17(20(15)24)32-12-14-7-8-18(33-14)21(31)28-9-2-10-30-16(13-5-6-13)11-19(29-30)22(25,26)27/h1,3-4,7-8,11,13H,2,5-6,9-10,12H2,(H,28,31). The van der Waals surface area contributed by atoms with Gasteiger partial charge in [-0.25, -0.2) is 0 Å². The zero-order valence-electron chi connectivity index (χ0n) is 17.3. The van der Waals surface area contributed by atoms with E-state index in [1.807, 2.05) is 0 Å². The van der Waals surface area contributed by atoms with Crippen LogP contribution < -0.4 is 10.1 Å². The summed E-state index contributed by atoms with van der Waals surface area (Å²) in [6, 6.07) is 9.25. The van der Waals surface area contributed by atoms with Crippen molar-refractivity contribution in [2.24, 2.45) is 0 Å². The van der Waals surface area contributed by atoms with E-state index in [-0.39, 0.29) is 36.4 Å². The first-order valence-electron chi connectivity index (χ1n) is 10.3. The smallest absolute Gasteiger partial charge is 0.435 e. The maximum absolute atomic E-state index is 13.0. The molecular formula is C22H20Cl2F3N3O3. The Morgan fingerprint density at radius 2 is 2.03 bits per heavy atom. The molecule has 0 unspecified atom stereocenters. The molecule has 176 valence electrons. The largest absolute Gasteiger partial charge is 0.484 e. The molecule has 33 heavy (non-hydrogen) atoms. The number of benzene rings is 1. The Kier molecular flexibility index (Phi) is 6.90. The molecular weight excluding hydrogens is 482 g/mol. The lowest BCUT2D eigenvalue weighted by Crippen LogP contribution is -2.25. The number of nitrogens with one attached hydrogen (secondary N) is 1. The molecule has 11 heteroatoms. The van der Waals surface area contributed by atoms with E-state index in [9.17, 15) is 18.0 Å². The van der Waals surface area contributed by atoms with E-state index < -0.39 is 17.8 Å². The number of rotatable bonds is 9. The minimum Gasteiger partial charge on any atom is -0.484 e. The Labute approximate surface area is 197 Å². The van der Waals surface area contributed by atoms with Gasteiger partial charge in [0, 0.05) is 24.7 Å². The summed E-state index contributed by atoms with van der Waals surface area (Å²) in [5, 5.41) is 7.05. The molecule has 0 spiro atoms. The van der Waals surface area contributed by atoms with Gasteiger partial charge in [-0.2, -0.15) is 18.3 Å². The Balaban J connectivity index is 1.26. The fourth-order valence-electron chi connectivity index (χ4n) is 3.30. The minimum absolute atomic E-state index is 0.0537. The van der Waals surface area contributed by atoms with Crippen molar-refractivity contribution < 1.29 is 27.1 Å². The van der Waals surface area contributed by atoms with Crippen molar-refractivity contribution in [2.75, 3.05) is 6.54 Å². The van der Waals surface area contributed by atoms with Crippen LogP contribution in [-0.2, 0) is 19.3 Å². The predicted octanol–water partition coefficient (Wildman–Crippen LogP) is 6.08. The van der Waals surface area contributed by atoms with Gasteiger partial charge in [0.1, 0.15) is 23.1 Å². The lowest BCUT2D eigenvalue weighted by molar-refractivity contribution is -0.141. The highest BCUT2D eigenvalue weighted by molar-refractivity contribution is 6.42. The van der Waals surface area contributed by atoms with Crippen LogP contribution in [0.15, 0.2) is 40.8 Å². The molecule has 1 fully saturated rings. The van der Waals surface area contributed by atoms with Crippen molar-refractivity contribution in [3.8, 4) is 5.75 Å². The molecule has 1 N–H and O–H groups in total. The van der Waals surface area contributed by atoms with E-state index in [1.165, 1.54) is 10.7 Å². The Bertz CT molecular complexity index is 1140. The number of halogens is 5. The van der Waals surface area contributed by atoms with E-state index in [0.717, 1.165) is 18.9 Å². The van der Waals surface area contributed by atoms with Gasteiger partial charge in [0.25, 0.3) is 5.91 Å². The number of aromatic nitrogens is 2. The number of carbonyl (C=O) groups is 1. The van der Waals surface area contributed by atoms with Crippen molar-refractivity contribution in [3.63, 3.8) is 0 Å². The van der Waals surface area contributed by atoms with Gasteiger partial charge in [0.05, 0.1) is 5.02 Å². The van der Waals surface area contributed by atoms with Crippen LogP contribution in [0, 0.1) is 0 Å². The van der Waals surface area contributed by atoms with Crippen LogP contribution >= 0.6 is 23.2 Å². The van der Waals surface area contributed by atoms with Crippen LogP contribution in [0.1, 0.15) is 52.9 Å². The van der Waals surface area contributed by atoms with E-state index in [0.29, 0.717) is 28.6 Å². The summed E-state index contributed by atoms with van der Waals surface area (Å²) < 4.78 is 51.4. The van der Waals surface area contributed by atoms with Crippen LogP contribution in [0.5, 0.6) is 5.75 Å². The summed E-state index contributed by atoms with van der Waals surface area (Å²) in [7, 11) is 0. The van der Waals surface area contributed by atoms with Gasteiger partial charge < -0.3 is 14.5 Å². The maximum atomic E-state index is 13.0. The maximum Gasteiger partial charge on any atom is 0.435 e. The third kappa shape index (κ3) is 5.83. The average Bonchev–Trinajstić information content (AvgIpc) is 3.33. The second kappa shape index (κ2) is 9.69. The van der Waals surface area contributed by atoms with Crippen LogP contribution in [0.2, 0.25) is 10.0 Å². The summed E-state index contributed by atoms with van der Waals surface area (Å²) in [5.74, 6) is 0.614. The zero-order chi connectivity index (χ0) is 23.6. The first kappa shape index (κ1) is 23.5. The number of alkyl halides is 3. The number of carbonyl (C=O) groups excluding carboxylic acids is 1. The molecule has 3 aromatic rings. The van der Waals surface area contributed by atoms with Crippen molar-refractivity contribution in [1.29, 1.82) is 0 Å². The number of aryl methyl sites for hydroxylation is 1. The molecule has 0 atom stereocenters. The summed E-state index contributed by atoms with van der Waals surface area (Å²) in [4.78, 5) is 12.3.